The van der Waals surface area contributed by atoms with Gasteiger partial charge in [0.25, 0.3) is 0 Å². The number of alkyl halides is 2. The summed E-state index contributed by atoms with van der Waals surface area (Å²) in [5, 5.41) is -3.42. The number of halogens is 3. The van der Waals surface area contributed by atoms with Gasteiger partial charge in [-0.3, -0.25) is 4.79 Å². The van der Waals surface area contributed by atoms with Crippen molar-refractivity contribution in [1.29, 1.82) is 0 Å². The Morgan fingerprint density at radius 2 is 0.639 bits per heavy atom. The molecule has 356 valence electrons. The van der Waals surface area contributed by atoms with Gasteiger partial charge in [0.1, 0.15) is 0 Å². The summed E-state index contributed by atoms with van der Waals surface area (Å²) in [5.41, 5.74) is 0. The van der Waals surface area contributed by atoms with Crippen molar-refractivity contribution < 1.29 is 75.3 Å². The fraction of sp³-hybridized carbons (Fsp3) is 0.970. The van der Waals surface area contributed by atoms with E-state index in [2.05, 4.69) is 13.8 Å². The van der Waals surface area contributed by atoms with Gasteiger partial charge in [0.15, 0.2) is 0 Å². The highest BCUT2D eigenvalue weighted by Gasteiger charge is 2.83. The third-order valence-corrected chi connectivity index (χ3v) is 50.7. The van der Waals surface area contributed by atoms with Crippen LogP contribution in [0.25, 0.3) is 0 Å². The van der Waals surface area contributed by atoms with Crippen LogP contribution in [0.3, 0.4) is 0 Å². The van der Waals surface area contributed by atoms with Gasteiger partial charge in [-0.2, -0.15) is 17.2 Å². The average molecular weight is 1030 g/mol. The molecule has 0 saturated carbocycles. The van der Waals surface area contributed by atoms with Crippen molar-refractivity contribution in [2.24, 2.45) is 41.4 Å². The van der Waals surface area contributed by atoms with Crippen molar-refractivity contribution in [2.45, 2.75) is 157 Å². The van der Waals surface area contributed by atoms with E-state index in [1.807, 2.05) is 88.4 Å². The second-order valence-electron chi connectivity index (χ2n) is 20.2. The molecular formula is C33H70F3NO15SSi8. The molecule has 0 atom stereocenters. The molecule has 1 N–H and O–H groups in total. The summed E-state index contributed by atoms with van der Waals surface area (Å²) in [4.78, 5) is 12.4. The van der Waals surface area contributed by atoms with Crippen molar-refractivity contribution in [2.75, 3.05) is 6.54 Å². The van der Waals surface area contributed by atoms with Crippen LogP contribution in [-0.2, 0) is 64.4 Å². The van der Waals surface area contributed by atoms with Gasteiger partial charge in [-0.15, -0.1) is 0 Å². The molecule has 1 amide bonds. The fourth-order valence-corrected chi connectivity index (χ4v) is 60.5. The minimum atomic E-state index is -6.54. The van der Waals surface area contributed by atoms with Crippen LogP contribution in [-0.4, -0.2) is 96.6 Å². The number of hydrogen-bond acceptors (Lipinski definition) is 15. The quantitative estimate of drug-likeness (QED) is 0.0712. The lowest BCUT2D eigenvalue weighted by molar-refractivity contribution is -0.135. The van der Waals surface area contributed by atoms with Crippen molar-refractivity contribution in [3.8, 4) is 0 Å². The highest BCUT2D eigenvalue weighted by atomic mass is 32.3. The lowest BCUT2D eigenvalue weighted by atomic mass is 10.3. The Kier molecular flexibility index (Phi) is 15.9. The summed E-state index contributed by atoms with van der Waals surface area (Å²) in [6.45, 7) is 27.9. The third-order valence-electron chi connectivity index (χ3n) is 9.86. The minimum absolute atomic E-state index is 0.00951. The van der Waals surface area contributed by atoms with Crippen LogP contribution in [0, 0.1) is 41.4 Å². The molecule has 6 saturated heterocycles. The van der Waals surface area contributed by atoms with E-state index in [9.17, 15) is 25.9 Å². The van der Waals surface area contributed by atoms with Crippen molar-refractivity contribution >= 4 is 86.6 Å². The second kappa shape index (κ2) is 18.5. The van der Waals surface area contributed by atoms with Gasteiger partial charge in [0.2, 0.25) is 0 Å². The minimum Gasteiger partial charge on any atom is -0.373 e. The molecule has 6 rings (SSSR count). The number of carbonyl (C=O) groups is 1. The first-order chi connectivity index (χ1) is 27.8. The summed E-state index contributed by atoms with van der Waals surface area (Å²) in [6, 6.07) is 1.82. The summed E-state index contributed by atoms with van der Waals surface area (Å²) in [7, 11) is -40.3. The highest BCUT2D eigenvalue weighted by Crippen LogP contribution is 2.56. The van der Waals surface area contributed by atoms with E-state index in [1.54, 1.807) is 0 Å². The lowest BCUT2D eigenvalue weighted by Crippen LogP contribution is -2.88. The van der Waals surface area contributed by atoms with Crippen LogP contribution in [0.15, 0.2) is 0 Å². The van der Waals surface area contributed by atoms with E-state index in [1.165, 1.54) is 0 Å². The molecule has 16 nitrogen and oxygen atoms in total. The van der Waals surface area contributed by atoms with E-state index in [-0.39, 0.29) is 72.0 Å². The fourth-order valence-electron chi connectivity index (χ4n) is 8.59. The lowest BCUT2D eigenvalue weighted by Gasteiger charge is -2.64. The van der Waals surface area contributed by atoms with Gasteiger partial charge in [-0.1, -0.05) is 101 Å². The molecule has 0 aliphatic carbocycles. The zero-order valence-corrected chi connectivity index (χ0v) is 47.1. The zero-order chi connectivity index (χ0) is 45.9. The van der Waals surface area contributed by atoms with Gasteiger partial charge in [0, 0.05) is 54.9 Å². The highest BCUT2D eigenvalue weighted by molar-refractivity contribution is 7.88. The van der Waals surface area contributed by atoms with Gasteiger partial charge >= 0.3 is 91.8 Å². The maximum atomic E-state index is 14.3. The van der Waals surface area contributed by atoms with E-state index in [4.69, 9.17) is 49.4 Å². The molecule has 0 aromatic carbocycles. The van der Waals surface area contributed by atoms with Gasteiger partial charge < -0.3 is 54.7 Å². The molecular weight excluding hydrogens is 964 g/mol. The maximum absolute atomic E-state index is 14.3. The number of hydrogen-bond donors (Lipinski definition) is 1. The Labute approximate surface area is 370 Å². The monoisotopic (exact) mass is 1030 g/mol. The van der Waals surface area contributed by atoms with Crippen molar-refractivity contribution in [1.82, 2.24) is 5.32 Å². The zero-order valence-electron chi connectivity index (χ0n) is 38.3. The first-order valence-electron chi connectivity index (χ1n) is 21.8. The van der Waals surface area contributed by atoms with Crippen LogP contribution in [0.2, 0.25) is 48.4 Å². The van der Waals surface area contributed by atoms with E-state index < -0.39 is 98.4 Å². The first-order valence-corrected chi connectivity index (χ1v) is 38.6. The third kappa shape index (κ3) is 12.1. The second-order valence-corrected chi connectivity index (χ2v) is 45.7. The Morgan fingerprint density at radius 1 is 0.443 bits per heavy atom. The van der Waals surface area contributed by atoms with Crippen LogP contribution in [0.4, 0.5) is 12.7 Å². The number of rotatable bonds is 20. The number of carbonyl (C=O) groups excluding carboxylic acids is 1. The Bertz CT molecular complexity index is 1540. The largest absolute Gasteiger partial charge is 0.479 e. The molecule has 6 heterocycles. The molecule has 6 aliphatic heterocycles. The average Bonchev–Trinajstić information content (AvgIpc) is 2.95. The van der Waals surface area contributed by atoms with Crippen LogP contribution >= 0.6 is 0 Å². The molecule has 0 radical (unpaired) electrons. The van der Waals surface area contributed by atoms with Crippen LogP contribution in [0.1, 0.15) is 103 Å². The number of amides is 1. The summed E-state index contributed by atoms with van der Waals surface area (Å²) in [6.07, 6.45) is -0.156. The van der Waals surface area contributed by atoms with E-state index in [0.717, 1.165) is 0 Å². The predicted molar refractivity (Wildman–Crippen MR) is 234 cm³/mol. The number of nitrogens with one attached hydrogen (secondary N) is 1. The predicted octanol–water partition coefficient (Wildman–Crippen LogP) is 7.76. The molecule has 0 unspecified atom stereocenters. The van der Waals surface area contributed by atoms with Crippen LogP contribution in [0.5, 0.6) is 0 Å². The normalized spacial score (nSPS) is 37.9. The molecule has 28 heteroatoms. The molecule has 6 fully saturated rings. The molecule has 0 aromatic heterocycles. The Balaban J connectivity index is 1.86. The van der Waals surface area contributed by atoms with Crippen molar-refractivity contribution in [3.63, 3.8) is 0 Å². The first kappa shape index (κ1) is 52.4. The molecule has 0 spiro atoms. The van der Waals surface area contributed by atoms with Crippen molar-refractivity contribution in [3.05, 3.63) is 0 Å². The molecule has 8 bridgehead atoms. The molecule has 6 aliphatic rings. The van der Waals surface area contributed by atoms with Crippen LogP contribution < -0.4 is 5.32 Å². The molecule has 0 aromatic rings. The molecule has 61 heavy (non-hydrogen) atoms. The van der Waals surface area contributed by atoms with Gasteiger partial charge in [0.05, 0.1) is 0 Å². The Hall–Kier alpha value is 0.465. The van der Waals surface area contributed by atoms with E-state index >= 15 is 0 Å². The van der Waals surface area contributed by atoms with Gasteiger partial charge in [-0.05, 0) is 47.8 Å². The smallest absolute Gasteiger partial charge is 0.373 e. The standard InChI is InChI=1S/C33H70F3NO15SSi8/c1-25(2)18-55-41-54(17-15-16-37-32(38)33(34,35)53(36,39)40)42-56(19-26(3)4)46-58(44-55,21-28(7)8)50-61(24-31(13)14)51-59(45-55,22-29(9)10)47-57(43-54,20-27(5)6)49-60(48-56,52-61)23-30(11)12/h25-31H,15-24H2,1-14H3,(H,37,38). The van der Waals surface area contributed by atoms with Gasteiger partial charge in [-0.25, -0.2) is 0 Å². The van der Waals surface area contributed by atoms with E-state index in [0.29, 0.717) is 24.2 Å². The summed E-state index contributed by atoms with van der Waals surface area (Å²) in [5.74, 6) is -2.68. The topological polar surface area (TPSA) is 174 Å². The SMILES string of the molecule is CC(C)C[Si]12O[Si]3(CCCNC(=O)C(F)(F)S(=O)(=O)F)O[Si]4(CC(C)C)O[Si](CC(C)C)(O1)O[Si]1(CC(C)C)O[Si](CC(C)C)(O2)O[Si](CC(C)C)(O3)O[Si](CC(C)C)(O4)O1. The summed E-state index contributed by atoms with van der Waals surface area (Å²) >= 11 is 0. The Morgan fingerprint density at radius 3 is 0.820 bits per heavy atom. The summed E-state index contributed by atoms with van der Waals surface area (Å²) < 4.78 is 156. The maximum Gasteiger partial charge on any atom is 0.479 e.